The molecule has 4 aromatic rings. The zero-order chi connectivity index (χ0) is 21.0. The summed E-state index contributed by atoms with van der Waals surface area (Å²) in [5.41, 5.74) is 4.70. The van der Waals surface area contributed by atoms with E-state index in [9.17, 15) is 4.79 Å². The Morgan fingerprint density at radius 2 is 1.84 bits per heavy atom. The molecule has 156 valence electrons. The smallest absolute Gasteiger partial charge is 0.255 e. The molecule has 1 aliphatic heterocycles. The molecule has 7 nitrogen and oxygen atoms in total. The van der Waals surface area contributed by atoms with Gasteiger partial charge in [-0.3, -0.25) is 14.7 Å². The zero-order valence-electron chi connectivity index (χ0n) is 17.0. The maximum absolute atomic E-state index is 12.6. The third-order valence-electron chi connectivity index (χ3n) is 5.45. The van der Waals surface area contributed by atoms with Crippen LogP contribution in [0.3, 0.4) is 0 Å². The van der Waals surface area contributed by atoms with Gasteiger partial charge in [0.25, 0.3) is 5.91 Å². The van der Waals surface area contributed by atoms with Gasteiger partial charge in [-0.15, -0.1) is 0 Å². The molecule has 0 atom stereocenters. The minimum Gasteiger partial charge on any atom is -0.436 e. The molecule has 5 rings (SSSR count). The lowest BCUT2D eigenvalue weighted by Gasteiger charge is -2.27. The van der Waals surface area contributed by atoms with E-state index < -0.39 is 0 Å². The van der Waals surface area contributed by atoms with Crippen molar-refractivity contribution in [3.05, 3.63) is 78.1 Å². The van der Waals surface area contributed by atoms with Gasteiger partial charge in [0.1, 0.15) is 5.52 Å². The molecule has 1 amide bonds. The van der Waals surface area contributed by atoms with E-state index in [4.69, 9.17) is 9.40 Å². The Balaban J connectivity index is 1.46. The highest BCUT2D eigenvalue weighted by Crippen LogP contribution is 2.31. The van der Waals surface area contributed by atoms with Gasteiger partial charge in [0.15, 0.2) is 5.58 Å². The first-order chi connectivity index (χ1) is 15.3. The number of anilines is 1. The van der Waals surface area contributed by atoms with Gasteiger partial charge in [-0.25, -0.2) is 4.98 Å². The number of pyridine rings is 1. The van der Waals surface area contributed by atoms with Crippen molar-refractivity contribution < 1.29 is 9.21 Å². The van der Waals surface area contributed by atoms with Gasteiger partial charge in [0.05, 0.1) is 11.3 Å². The molecule has 0 spiro atoms. The van der Waals surface area contributed by atoms with Crippen molar-refractivity contribution in [2.45, 2.75) is 6.54 Å². The van der Waals surface area contributed by atoms with Crippen LogP contribution in [0.25, 0.3) is 22.6 Å². The number of hydrogen-bond acceptors (Lipinski definition) is 6. The summed E-state index contributed by atoms with van der Waals surface area (Å²) in [5, 5.41) is 6.35. The molecule has 2 aromatic heterocycles. The third kappa shape index (κ3) is 4.19. The van der Waals surface area contributed by atoms with E-state index in [0.717, 1.165) is 55.0 Å². The maximum Gasteiger partial charge on any atom is 0.255 e. The molecule has 1 saturated heterocycles. The summed E-state index contributed by atoms with van der Waals surface area (Å²) in [6.45, 7) is 4.89. The van der Waals surface area contributed by atoms with Crippen molar-refractivity contribution in [3.63, 3.8) is 0 Å². The largest absolute Gasteiger partial charge is 0.436 e. The van der Waals surface area contributed by atoms with Crippen LogP contribution in [-0.2, 0) is 6.54 Å². The van der Waals surface area contributed by atoms with Crippen molar-refractivity contribution >= 4 is 22.7 Å². The van der Waals surface area contributed by atoms with E-state index >= 15 is 0 Å². The first-order valence-electron chi connectivity index (χ1n) is 10.4. The minimum absolute atomic E-state index is 0.203. The van der Waals surface area contributed by atoms with Crippen molar-refractivity contribution in [2.24, 2.45) is 0 Å². The van der Waals surface area contributed by atoms with Gasteiger partial charge < -0.3 is 15.1 Å². The molecule has 0 saturated carbocycles. The first-order valence-corrected chi connectivity index (χ1v) is 10.4. The standard InChI is InChI=1S/C24H23N5O2/c30-23(17-8-10-25-11-9-17)27-20-6-2-1-5-19(20)24-28-22-18(4-3-7-21(22)31-24)16-29-14-12-26-13-15-29/h1-11,26H,12-16H2,(H,27,30). The molecule has 1 aliphatic rings. The first kappa shape index (κ1) is 19.4. The summed E-state index contributed by atoms with van der Waals surface area (Å²) in [6.07, 6.45) is 3.20. The maximum atomic E-state index is 12.6. The van der Waals surface area contributed by atoms with Crippen LogP contribution in [0.1, 0.15) is 15.9 Å². The van der Waals surface area contributed by atoms with E-state index in [1.165, 1.54) is 0 Å². The molecule has 2 aromatic carbocycles. The van der Waals surface area contributed by atoms with E-state index in [0.29, 0.717) is 17.1 Å². The average Bonchev–Trinajstić information content (AvgIpc) is 3.26. The number of piperazine rings is 1. The fourth-order valence-electron chi connectivity index (χ4n) is 3.83. The summed E-state index contributed by atoms with van der Waals surface area (Å²) in [6, 6.07) is 17.0. The Hall–Kier alpha value is -3.55. The van der Waals surface area contributed by atoms with Crippen LogP contribution < -0.4 is 10.6 Å². The number of fused-ring (bicyclic) bond motifs is 1. The molecule has 0 unspecified atom stereocenters. The average molecular weight is 413 g/mol. The molecular weight excluding hydrogens is 390 g/mol. The van der Waals surface area contributed by atoms with Gasteiger partial charge >= 0.3 is 0 Å². The molecule has 31 heavy (non-hydrogen) atoms. The molecule has 0 bridgehead atoms. The summed E-state index contributed by atoms with van der Waals surface area (Å²) >= 11 is 0. The van der Waals surface area contributed by atoms with Crippen molar-refractivity contribution in [1.82, 2.24) is 20.2 Å². The molecule has 3 heterocycles. The second-order valence-electron chi connectivity index (χ2n) is 7.54. The Labute approximate surface area is 180 Å². The van der Waals surface area contributed by atoms with Crippen LogP contribution in [0.15, 0.2) is 71.4 Å². The monoisotopic (exact) mass is 413 g/mol. The van der Waals surface area contributed by atoms with Gasteiger partial charge in [0, 0.05) is 50.7 Å². The highest BCUT2D eigenvalue weighted by atomic mass is 16.3. The van der Waals surface area contributed by atoms with Crippen molar-refractivity contribution in [1.29, 1.82) is 0 Å². The quantitative estimate of drug-likeness (QED) is 0.521. The van der Waals surface area contributed by atoms with Gasteiger partial charge in [0.2, 0.25) is 5.89 Å². The van der Waals surface area contributed by atoms with Crippen LogP contribution in [0.4, 0.5) is 5.69 Å². The fourth-order valence-corrected chi connectivity index (χ4v) is 3.83. The summed E-state index contributed by atoms with van der Waals surface area (Å²) in [7, 11) is 0. The van der Waals surface area contributed by atoms with Crippen LogP contribution in [-0.4, -0.2) is 47.0 Å². The molecule has 2 N–H and O–H groups in total. The normalized spacial score (nSPS) is 14.6. The molecule has 0 aliphatic carbocycles. The number of carbonyl (C=O) groups is 1. The number of oxazole rings is 1. The molecular formula is C24H23N5O2. The van der Waals surface area contributed by atoms with Crippen molar-refractivity contribution in [2.75, 3.05) is 31.5 Å². The predicted molar refractivity (Wildman–Crippen MR) is 120 cm³/mol. The second-order valence-corrected chi connectivity index (χ2v) is 7.54. The van der Waals surface area contributed by atoms with Crippen LogP contribution in [0.2, 0.25) is 0 Å². The van der Waals surface area contributed by atoms with Crippen LogP contribution in [0.5, 0.6) is 0 Å². The summed E-state index contributed by atoms with van der Waals surface area (Å²) in [5.74, 6) is 0.291. The Bertz CT molecular complexity index is 1200. The van der Waals surface area contributed by atoms with E-state index in [1.807, 2.05) is 36.4 Å². The minimum atomic E-state index is -0.203. The number of rotatable bonds is 5. The highest BCUT2D eigenvalue weighted by molar-refractivity contribution is 6.06. The van der Waals surface area contributed by atoms with Crippen LogP contribution in [0, 0.1) is 0 Å². The number of amides is 1. The van der Waals surface area contributed by atoms with Gasteiger partial charge in [-0.05, 0) is 35.9 Å². The lowest BCUT2D eigenvalue weighted by Crippen LogP contribution is -2.42. The van der Waals surface area contributed by atoms with Gasteiger partial charge in [-0.1, -0.05) is 24.3 Å². The Kier molecular flexibility index (Phi) is 5.43. The molecule has 0 radical (unpaired) electrons. The number of nitrogens with zero attached hydrogens (tertiary/aromatic N) is 3. The Morgan fingerprint density at radius 3 is 2.68 bits per heavy atom. The fraction of sp³-hybridized carbons (Fsp3) is 0.208. The number of nitrogens with one attached hydrogen (secondary N) is 2. The second kappa shape index (κ2) is 8.67. The summed E-state index contributed by atoms with van der Waals surface area (Å²) in [4.78, 5) is 23.8. The summed E-state index contributed by atoms with van der Waals surface area (Å²) < 4.78 is 6.11. The predicted octanol–water partition coefficient (Wildman–Crippen LogP) is 3.55. The molecule has 1 fully saturated rings. The Morgan fingerprint density at radius 1 is 1.03 bits per heavy atom. The number of para-hydroxylation sites is 2. The van der Waals surface area contributed by atoms with E-state index in [1.54, 1.807) is 24.5 Å². The lowest BCUT2D eigenvalue weighted by molar-refractivity contribution is 0.102. The SMILES string of the molecule is O=C(Nc1ccccc1-c1nc2c(CN3CCNCC3)cccc2o1)c1ccncc1. The van der Waals surface area contributed by atoms with Crippen molar-refractivity contribution in [3.8, 4) is 11.5 Å². The number of benzene rings is 2. The number of aromatic nitrogens is 2. The zero-order valence-corrected chi connectivity index (χ0v) is 17.0. The van der Waals surface area contributed by atoms with E-state index in [-0.39, 0.29) is 5.91 Å². The molecule has 7 heteroatoms. The third-order valence-corrected chi connectivity index (χ3v) is 5.45. The highest BCUT2D eigenvalue weighted by Gasteiger charge is 2.18. The lowest BCUT2D eigenvalue weighted by atomic mass is 10.1. The number of hydrogen-bond donors (Lipinski definition) is 2. The topological polar surface area (TPSA) is 83.3 Å². The van der Waals surface area contributed by atoms with Crippen LogP contribution >= 0.6 is 0 Å². The van der Waals surface area contributed by atoms with E-state index in [2.05, 4.69) is 26.6 Å². The number of carbonyl (C=O) groups excluding carboxylic acids is 1. The van der Waals surface area contributed by atoms with Gasteiger partial charge in [-0.2, -0.15) is 0 Å².